The summed E-state index contributed by atoms with van der Waals surface area (Å²) in [5.41, 5.74) is 1.38. The van der Waals surface area contributed by atoms with E-state index in [4.69, 9.17) is 0 Å². The monoisotopic (exact) mass is 206 g/mol. The molecule has 1 rings (SSSR count). The number of methoxy groups -OCH3 is 1. The molecule has 15 heavy (non-hydrogen) atoms. The van der Waals surface area contributed by atoms with E-state index >= 15 is 0 Å². The number of carbonyl (C=O) groups is 1. The predicted molar refractivity (Wildman–Crippen MR) is 58.1 cm³/mol. The number of hydrogen-bond donors (Lipinski definition) is 1. The lowest BCUT2D eigenvalue weighted by Gasteiger charge is -2.12. The first-order valence-electron chi connectivity index (χ1n) is 4.68. The van der Waals surface area contributed by atoms with Crippen molar-refractivity contribution in [2.24, 2.45) is 0 Å². The van der Waals surface area contributed by atoms with E-state index in [0.717, 1.165) is 5.56 Å². The molecule has 0 saturated heterocycles. The minimum Gasteiger partial charge on any atom is -0.467 e. The fourth-order valence-electron chi connectivity index (χ4n) is 1.35. The maximum absolute atomic E-state index is 11.2. The molecule has 0 radical (unpaired) electrons. The Morgan fingerprint density at radius 3 is 2.47 bits per heavy atom. The molecule has 0 bridgehead atoms. The highest BCUT2D eigenvalue weighted by Crippen LogP contribution is 2.18. The van der Waals surface area contributed by atoms with E-state index in [9.17, 15) is 9.90 Å². The van der Waals surface area contributed by atoms with Crippen LogP contribution in [0.4, 0.5) is 0 Å². The van der Waals surface area contributed by atoms with Gasteiger partial charge in [-0.2, -0.15) is 0 Å². The van der Waals surface area contributed by atoms with E-state index in [1.807, 2.05) is 30.3 Å². The Morgan fingerprint density at radius 1 is 1.40 bits per heavy atom. The highest BCUT2D eigenvalue weighted by Gasteiger charge is 2.20. The van der Waals surface area contributed by atoms with Crippen LogP contribution in [0, 0.1) is 0 Å². The number of benzene rings is 1. The zero-order chi connectivity index (χ0) is 11.3. The number of rotatable bonds is 3. The summed E-state index contributed by atoms with van der Waals surface area (Å²) in [5.74, 6) is -0.646. The number of esters is 1. The maximum atomic E-state index is 11.2. The Bertz CT molecular complexity index is 354. The topological polar surface area (TPSA) is 46.5 Å². The van der Waals surface area contributed by atoms with Crippen molar-refractivity contribution in [2.75, 3.05) is 7.11 Å². The van der Waals surface area contributed by atoms with Crippen molar-refractivity contribution in [1.82, 2.24) is 0 Å². The van der Waals surface area contributed by atoms with E-state index in [0.29, 0.717) is 5.57 Å². The molecule has 3 heteroatoms. The van der Waals surface area contributed by atoms with Crippen molar-refractivity contribution in [1.29, 1.82) is 0 Å². The van der Waals surface area contributed by atoms with Gasteiger partial charge < -0.3 is 9.84 Å². The minimum absolute atomic E-state index is 0.558. The fraction of sp³-hybridized carbons (Fsp3) is 0.250. The molecule has 0 aliphatic heterocycles. The van der Waals surface area contributed by atoms with E-state index in [2.05, 4.69) is 4.74 Å². The molecule has 0 spiro atoms. The number of hydrogen-bond acceptors (Lipinski definition) is 3. The standard InChI is InChI=1S/C12H14O3/c1-3-10(11(13)12(14)15-2)9-7-5-4-6-8-9/h3-8,11,13H,1-2H3/b10-3+. The van der Waals surface area contributed by atoms with E-state index in [1.54, 1.807) is 13.0 Å². The fourth-order valence-corrected chi connectivity index (χ4v) is 1.35. The molecule has 1 atom stereocenters. The molecule has 1 aromatic carbocycles. The summed E-state index contributed by atoms with van der Waals surface area (Å²) in [5, 5.41) is 9.69. The second kappa shape index (κ2) is 5.32. The van der Waals surface area contributed by atoms with E-state index in [1.165, 1.54) is 7.11 Å². The Balaban J connectivity index is 2.96. The Labute approximate surface area is 89.0 Å². The lowest BCUT2D eigenvalue weighted by Crippen LogP contribution is -2.23. The van der Waals surface area contributed by atoms with Crippen molar-refractivity contribution >= 4 is 11.5 Å². The van der Waals surface area contributed by atoms with Crippen LogP contribution < -0.4 is 0 Å². The first kappa shape index (κ1) is 11.5. The number of aliphatic hydroxyl groups is 1. The van der Waals surface area contributed by atoms with Gasteiger partial charge in [-0.3, -0.25) is 0 Å². The first-order valence-corrected chi connectivity index (χ1v) is 4.68. The van der Waals surface area contributed by atoms with Gasteiger partial charge in [0.05, 0.1) is 7.11 Å². The van der Waals surface area contributed by atoms with Crippen LogP contribution in [0.1, 0.15) is 12.5 Å². The van der Waals surface area contributed by atoms with Crippen molar-refractivity contribution in [3.05, 3.63) is 42.0 Å². The quantitative estimate of drug-likeness (QED) is 0.764. The zero-order valence-corrected chi connectivity index (χ0v) is 8.81. The third kappa shape index (κ3) is 2.67. The molecule has 0 saturated carbocycles. The zero-order valence-electron chi connectivity index (χ0n) is 8.81. The summed E-state index contributed by atoms with van der Waals surface area (Å²) in [6, 6.07) is 9.25. The molecule has 80 valence electrons. The Morgan fingerprint density at radius 2 is 2.00 bits per heavy atom. The van der Waals surface area contributed by atoms with Gasteiger partial charge in [-0.25, -0.2) is 4.79 Å². The van der Waals surface area contributed by atoms with Crippen molar-refractivity contribution in [3.63, 3.8) is 0 Å². The van der Waals surface area contributed by atoms with Gasteiger partial charge in [0, 0.05) is 0 Å². The molecular formula is C12H14O3. The second-order valence-corrected chi connectivity index (χ2v) is 3.04. The van der Waals surface area contributed by atoms with Crippen molar-refractivity contribution in [2.45, 2.75) is 13.0 Å². The van der Waals surface area contributed by atoms with Gasteiger partial charge in [0.15, 0.2) is 6.10 Å². The normalized spacial score (nSPS) is 13.4. The number of carbonyl (C=O) groups excluding carboxylic acids is 1. The smallest absolute Gasteiger partial charge is 0.339 e. The van der Waals surface area contributed by atoms with Crippen LogP contribution in [0.25, 0.3) is 5.57 Å². The molecule has 1 N–H and O–H groups in total. The van der Waals surface area contributed by atoms with E-state index < -0.39 is 12.1 Å². The average Bonchev–Trinajstić information content (AvgIpc) is 2.30. The van der Waals surface area contributed by atoms with Crippen molar-refractivity contribution in [3.8, 4) is 0 Å². The van der Waals surface area contributed by atoms with Gasteiger partial charge >= 0.3 is 5.97 Å². The summed E-state index contributed by atoms with van der Waals surface area (Å²) in [7, 11) is 1.25. The predicted octanol–water partition coefficient (Wildman–Crippen LogP) is 1.62. The Kier molecular flexibility index (Phi) is 4.06. The number of ether oxygens (including phenoxy) is 1. The van der Waals surface area contributed by atoms with Crippen LogP contribution in [-0.4, -0.2) is 24.3 Å². The highest BCUT2D eigenvalue weighted by atomic mass is 16.5. The molecule has 0 aromatic heterocycles. The molecule has 1 aromatic rings. The van der Waals surface area contributed by atoms with Gasteiger partial charge in [0.1, 0.15) is 0 Å². The highest BCUT2D eigenvalue weighted by molar-refractivity contribution is 5.90. The number of aliphatic hydroxyl groups excluding tert-OH is 1. The summed E-state index contributed by atoms with van der Waals surface area (Å²) in [6.07, 6.45) is 0.485. The largest absolute Gasteiger partial charge is 0.467 e. The van der Waals surface area contributed by atoms with Crippen molar-refractivity contribution < 1.29 is 14.6 Å². The van der Waals surface area contributed by atoms with Gasteiger partial charge in [0.25, 0.3) is 0 Å². The van der Waals surface area contributed by atoms with Gasteiger partial charge in [0.2, 0.25) is 0 Å². The molecule has 0 aliphatic rings. The van der Waals surface area contributed by atoms with Gasteiger partial charge in [-0.05, 0) is 18.1 Å². The molecule has 0 amide bonds. The summed E-state index contributed by atoms with van der Waals surface area (Å²) >= 11 is 0. The molecule has 0 aliphatic carbocycles. The molecule has 1 unspecified atom stereocenters. The average molecular weight is 206 g/mol. The third-order valence-corrected chi connectivity index (χ3v) is 2.14. The Hall–Kier alpha value is -1.61. The summed E-state index contributed by atoms with van der Waals surface area (Å²) in [4.78, 5) is 11.2. The van der Waals surface area contributed by atoms with Gasteiger partial charge in [-0.15, -0.1) is 0 Å². The first-order chi connectivity index (χ1) is 7.20. The van der Waals surface area contributed by atoms with Crippen LogP contribution >= 0.6 is 0 Å². The van der Waals surface area contributed by atoms with Crippen LogP contribution in [0.15, 0.2) is 36.4 Å². The van der Waals surface area contributed by atoms with E-state index in [-0.39, 0.29) is 0 Å². The molecule has 0 fully saturated rings. The van der Waals surface area contributed by atoms with Crippen LogP contribution in [0.3, 0.4) is 0 Å². The van der Waals surface area contributed by atoms with Crippen LogP contribution in [0.5, 0.6) is 0 Å². The summed E-state index contributed by atoms with van der Waals surface area (Å²) < 4.78 is 4.49. The maximum Gasteiger partial charge on any atom is 0.339 e. The third-order valence-electron chi connectivity index (χ3n) is 2.14. The SMILES string of the molecule is C/C=C(\c1ccccc1)C(O)C(=O)OC. The lowest BCUT2D eigenvalue weighted by molar-refractivity contribution is -0.147. The molecule has 3 nitrogen and oxygen atoms in total. The van der Waals surface area contributed by atoms with Gasteiger partial charge in [-0.1, -0.05) is 36.4 Å². The summed E-state index contributed by atoms with van der Waals surface area (Å²) in [6.45, 7) is 1.77. The van der Waals surface area contributed by atoms with Crippen LogP contribution in [-0.2, 0) is 9.53 Å². The molecule has 0 heterocycles. The minimum atomic E-state index is -1.22. The second-order valence-electron chi connectivity index (χ2n) is 3.04. The van der Waals surface area contributed by atoms with Crippen LogP contribution in [0.2, 0.25) is 0 Å². The number of allylic oxidation sites excluding steroid dienone is 1. The molecular weight excluding hydrogens is 192 g/mol. The lowest BCUT2D eigenvalue weighted by atomic mass is 10.0.